The molecule has 130 valence electrons. The number of amides is 1. The third kappa shape index (κ3) is 2.46. The molecule has 0 aromatic heterocycles. The van der Waals surface area contributed by atoms with Gasteiger partial charge in [-0.2, -0.15) is 0 Å². The van der Waals surface area contributed by atoms with E-state index in [0.717, 1.165) is 27.6 Å². The Morgan fingerprint density at radius 1 is 1.00 bits per heavy atom. The number of nitrogens with zero attached hydrogens (tertiary/aromatic N) is 1. The second-order valence-corrected chi connectivity index (χ2v) is 6.67. The van der Waals surface area contributed by atoms with Crippen LogP contribution in [0.3, 0.4) is 0 Å². The molecule has 0 aliphatic carbocycles. The number of carbonyl (C=O) groups is 2. The van der Waals surface area contributed by atoms with Crippen molar-refractivity contribution in [1.29, 1.82) is 0 Å². The first-order chi connectivity index (χ1) is 12.5. The van der Waals surface area contributed by atoms with Gasteiger partial charge in [0, 0.05) is 12.5 Å². The predicted molar refractivity (Wildman–Crippen MR) is 101 cm³/mol. The lowest BCUT2D eigenvalue weighted by Gasteiger charge is -2.24. The van der Waals surface area contributed by atoms with Crippen molar-refractivity contribution in [3.8, 4) is 0 Å². The first-order valence-electron chi connectivity index (χ1n) is 8.58. The quantitative estimate of drug-likeness (QED) is 0.670. The van der Waals surface area contributed by atoms with Crippen LogP contribution in [0, 0.1) is 0 Å². The van der Waals surface area contributed by atoms with E-state index in [2.05, 4.69) is 18.2 Å². The minimum atomic E-state index is -1.28. The first kappa shape index (κ1) is 16.3. The average Bonchev–Trinajstić information content (AvgIpc) is 2.84. The fraction of sp³-hybridized carbons (Fsp3) is 0.182. The Balaban J connectivity index is 1.80. The first-order valence-corrected chi connectivity index (χ1v) is 8.58. The normalized spacial score (nSPS) is 18.8. The van der Waals surface area contributed by atoms with E-state index in [1.165, 1.54) is 6.92 Å². The van der Waals surface area contributed by atoms with Gasteiger partial charge >= 0.3 is 5.97 Å². The van der Waals surface area contributed by atoms with Gasteiger partial charge in [-0.25, -0.2) is 0 Å². The number of hydrogen-bond donors (Lipinski definition) is 0. The van der Waals surface area contributed by atoms with Crippen LogP contribution in [0.25, 0.3) is 10.8 Å². The number of ether oxygens (including phenoxy) is 1. The molecule has 1 aliphatic heterocycles. The van der Waals surface area contributed by atoms with Gasteiger partial charge in [0.2, 0.25) is 5.60 Å². The lowest BCUT2D eigenvalue weighted by Crippen LogP contribution is -2.40. The van der Waals surface area contributed by atoms with Crippen LogP contribution in [-0.2, 0) is 26.5 Å². The Hall–Kier alpha value is -3.14. The fourth-order valence-corrected chi connectivity index (χ4v) is 3.74. The molecule has 0 saturated heterocycles. The molecule has 1 atom stereocenters. The van der Waals surface area contributed by atoms with Gasteiger partial charge in [0.15, 0.2) is 0 Å². The van der Waals surface area contributed by atoms with E-state index in [9.17, 15) is 9.59 Å². The summed E-state index contributed by atoms with van der Waals surface area (Å²) in [7, 11) is 0. The number of anilines is 1. The Bertz CT molecular complexity index is 1020. The molecular formula is C22H19NO3. The molecule has 0 N–H and O–H groups in total. The summed E-state index contributed by atoms with van der Waals surface area (Å²) in [5.41, 5.74) is 1.28. The summed E-state index contributed by atoms with van der Waals surface area (Å²) in [5.74, 6) is -0.690. The Labute approximate surface area is 152 Å². The lowest BCUT2D eigenvalue weighted by molar-refractivity contribution is -0.163. The minimum Gasteiger partial charge on any atom is -0.444 e. The van der Waals surface area contributed by atoms with Crippen LogP contribution in [0.4, 0.5) is 5.69 Å². The highest BCUT2D eigenvalue weighted by Gasteiger charge is 2.50. The SMILES string of the molecule is CC(=O)O[C@@]1(C)C(=O)N(Cc2cccc3ccccc23)c2ccccc21. The van der Waals surface area contributed by atoms with E-state index < -0.39 is 11.6 Å². The van der Waals surface area contributed by atoms with E-state index in [1.807, 2.05) is 48.5 Å². The molecule has 0 spiro atoms. The summed E-state index contributed by atoms with van der Waals surface area (Å²) in [4.78, 5) is 26.5. The molecule has 4 nitrogen and oxygen atoms in total. The molecule has 0 unspecified atom stereocenters. The molecule has 26 heavy (non-hydrogen) atoms. The summed E-state index contributed by atoms with van der Waals surface area (Å²) in [5, 5.41) is 2.24. The summed E-state index contributed by atoms with van der Waals surface area (Å²) in [6, 6.07) is 21.7. The van der Waals surface area contributed by atoms with Crippen LogP contribution in [-0.4, -0.2) is 11.9 Å². The van der Waals surface area contributed by atoms with E-state index >= 15 is 0 Å². The molecule has 3 aromatic rings. The topological polar surface area (TPSA) is 46.6 Å². The van der Waals surface area contributed by atoms with Gasteiger partial charge in [-0.05, 0) is 29.3 Å². The summed E-state index contributed by atoms with van der Waals surface area (Å²) >= 11 is 0. The lowest BCUT2D eigenvalue weighted by atomic mass is 9.97. The number of rotatable bonds is 3. The van der Waals surface area contributed by atoms with Crippen LogP contribution in [0.15, 0.2) is 66.7 Å². The molecule has 0 saturated carbocycles. The zero-order valence-electron chi connectivity index (χ0n) is 14.7. The predicted octanol–water partition coefficient (Wildman–Crippen LogP) is 4.16. The van der Waals surface area contributed by atoms with Gasteiger partial charge in [0.25, 0.3) is 5.91 Å². The molecule has 0 radical (unpaired) electrons. The number of para-hydroxylation sites is 1. The number of benzene rings is 3. The molecule has 0 fully saturated rings. The minimum absolute atomic E-state index is 0.221. The van der Waals surface area contributed by atoms with Crippen molar-refractivity contribution >= 4 is 28.3 Å². The van der Waals surface area contributed by atoms with Crippen molar-refractivity contribution in [2.24, 2.45) is 0 Å². The van der Waals surface area contributed by atoms with E-state index in [0.29, 0.717) is 6.54 Å². The van der Waals surface area contributed by atoms with Gasteiger partial charge < -0.3 is 9.64 Å². The van der Waals surface area contributed by atoms with Crippen molar-refractivity contribution in [1.82, 2.24) is 0 Å². The molecule has 0 bridgehead atoms. The highest BCUT2D eigenvalue weighted by atomic mass is 16.6. The number of esters is 1. The van der Waals surface area contributed by atoms with Crippen molar-refractivity contribution < 1.29 is 14.3 Å². The van der Waals surface area contributed by atoms with E-state index in [1.54, 1.807) is 11.8 Å². The maximum atomic E-state index is 13.2. The summed E-state index contributed by atoms with van der Waals surface area (Å²) < 4.78 is 5.46. The van der Waals surface area contributed by atoms with Crippen molar-refractivity contribution in [3.05, 3.63) is 77.9 Å². The van der Waals surface area contributed by atoms with Gasteiger partial charge in [0.1, 0.15) is 0 Å². The van der Waals surface area contributed by atoms with E-state index in [-0.39, 0.29) is 5.91 Å². The smallest absolute Gasteiger partial charge is 0.304 e. The van der Waals surface area contributed by atoms with Crippen LogP contribution < -0.4 is 4.90 Å². The second kappa shape index (κ2) is 5.99. The van der Waals surface area contributed by atoms with Gasteiger partial charge in [0.05, 0.1) is 12.2 Å². The molecule has 3 aromatic carbocycles. The summed E-state index contributed by atoms with van der Waals surface area (Å²) in [6.45, 7) is 3.42. The summed E-state index contributed by atoms with van der Waals surface area (Å²) in [6.07, 6.45) is 0. The number of hydrogen-bond acceptors (Lipinski definition) is 3. The molecule has 1 heterocycles. The van der Waals surface area contributed by atoms with Crippen molar-refractivity contribution in [2.75, 3.05) is 4.90 Å². The number of fused-ring (bicyclic) bond motifs is 2. The van der Waals surface area contributed by atoms with Gasteiger partial charge in [-0.15, -0.1) is 0 Å². The van der Waals surface area contributed by atoms with Crippen LogP contribution in [0.1, 0.15) is 25.0 Å². The third-order valence-electron chi connectivity index (χ3n) is 4.92. The molecule has 4 heteroatoms. The number of carbonyl (C=O) groups excluding carboxylic acids is 2. The van der Waals surface area contributed by atoms with Crippen LogP contribution >= 0.6 is 0 Å². The standard InChI is InChI=1S/C22H19NO3/c1-15(24)26-22(2)19-12-5-6-13-20(19)23(21(22)25)14-17-10-7-9-16-8-3-4-11-18(16)17/h3-13H,14H2,1-2H3/t22-/m1/s1. The largest absolute Gasteiger partial charge is 0.444 e. The molecule has 1 amide bonds. The highest BCUT2D eigenvalue weighted by molar-refractivity contribution is 6.07. The molecule has 4 rings (SSSR count). The molecule has 1 aliphatic rings. The monoisotopic (exact) mass is 345 g/mol. The Morgan fingerprint density at radius 2 is 1.69 bits per heavy atom. The fourth-order valence-electron chi connectivity index (χ4n) is 3.74. The highest BCUT2D eigenvalue weighted by Crippen LogP contribution is 2.43. The van der Waals surface area contributed by atoms with Crippen molar-refractivity contribution in [2.45, 2.75) is 26.0 Å². The Morgan fingerprint density at radius 3 is 2.50 bits per heavy atom. The van der Waals surface area contributed by atoms with Crippen LogP contribution in [0.2, 0.25) is 0 Å². The maximum Gasteiger partial charge on any atom is 0.304 e. The zero-order chi connectivity index (χ0) is 18.3. The van der Waals surface area contributed by atoms with E-state index in [4.69, 9.17) is 4.74 Å². The Kier molecular flexibility index (Phi) is 3.76. The van der Waals surface area contributed by atoms with Crippen LogP contribution in [0.5, 0.6) is 0 Å². The second-order valence-electron chi connectivity index (χ2n) is 6.67. The maximum absolute atomic E-state index is 13.2. The average molecular weight is 345 g/mol. The van der Waals surface area contributed by atoms with Gasteiger partial charge in [-0.3, -0.25) is 9.59 Å². The third-order valence-corrected chi connectivity index (χ3v) is 4.92. The van der Waals surface area contributed by atoms with Crippen molar-refractivity contribution in [3.63, 3.8) is 0 Å². The van der Waals surface area contributed by atoms with Gasteiger partial charge in [-0.1, -0.05) is 60.7 Å². The zero-order valence-corrected chi connectivity index (χ0v) is 14.7. The molecular weight excluding hydrogens is 326 g/mol.